The van der Waals surface area contributed by atoms with Crippen LogP contribution in [-0.2, 0) is 11.3 Å². The van der Waals surface area contributed by atoms with Gasteiger partial charge in [0.1, 0.15) is 16.8 Å². The van der Waals surface area contributed by atoms with Crippen LogP contribution in [0.2, 0.25) is 0 Å². The Labute approximate surface area is 111 Å². The summed E-state index contributed by atoms with van der Waals surface area (Å²) < 4.78 is 10.6. The molecule has 5 heteroatoms. The van der Waals surface area contributed by atoms with E-state index in [1.807, 2.05) is 0 Å². The third kappa shape index (κ3) is 4.45. The molecule has 0 aliphatic rings. The van der Waals surface area contributed by atoms with Crippen LogP contribution in [0.1, 0.15) is 33.5 Å². The SMILES string of the molecule is C=c1cc(CNC(=O)OC(C)(C)C)oc1=C(C)Cl. The fourth-order valence-electron chi connectivity index (χ4n) is 1.34. The molecule has 1 heterocycles. The molecule has 0 spiro atoms. The molecule has 0 fully saturated rings. The van der Waals surface area contributed by atoms with E-state index in [-0.39, 0.29) is 6.54 Å². The maximum Gasteiger partial charge on any atom is 0.408 e. The smallest absolute Gasteiger partial charge is 0.408 e. The molecule has 100 valence electrons. The van der Waals surface area contributed by atoms with Gasteiger partial charge >= 0.3 is 6.09 Å². The van der Waals surface area contributed by atoms with Gasteiger partial charge in [0.05, 0.1) is 11.6 Å². The van der Waals surface area contributed by atoms with Gasteiger partial charge in [-0.1, -0.05) is 18.2 Å². The molecule has 0 saturated heterocycles. The van der Waals surface area contributed by atoms with Crippen LogP contribution in [0.4, 0.5) is 4.79 Å². The molecule has 1 aromatic rings. The normalized spacial score (nSPS) is 13.2. The van der Waals surface area contributed by atoms with Gasteiger partial charge in [-0.25, -0.2) is 4.79 Å². The fraction of sp³-hybridized carbons (Fsp3) is 0.462. The Hall–Kier alpha value is -1.42. The quantitative estimate of drug-likeness (QED) is 0.896. The maximum absolute atomic E-state index is 11.4. The van der Waals surface area contributed by atoms with Gasteiger partial charge in [-0.05, 0) is 33.8 Å². The van der Waals surface area contributed by atoms with E-state index in [9.17, 15) is 4.79 Å². The summed E-state index contributed by atoms with van der Waals surface area (Å²) in [6.45, 7) is 11.2. The summed E-state index contributed by atoms with van der Waals surface area (Å²) in [6, 6.07) is 1.73. The molecule has 0 aliphatic heterocycles. The number of nitrogens with one attached hydrogen (secondary N) is 1. The van der Waals surface area contributed by atoms with Crippen LogP contribution in [0.3, 0.4) is 0 Å². The van der Waals surface area contributed by atoms with Crippen LogP contribution in [0, 0.1) is 0 Å². The molecule has 0 atom stereocenters. The molecule has 0 aromatic carbocycles. The molecule has 0 bridgehead atoms. The van der Waals surface area contributed by atoms with Crippen molar-refractivity contribution in [3.05, 3.63) is 22.5 Å². The standard InChI is InChI=1S/C13H18ClNO3/c1-8-6-10(17-11(8)9(2)14)7-15-12(16)18-13(3,4)5/h6H,1,7H2,2-5H3,(H,15,16). The van der Waals surface area contributed by atoms with Crippen LogP contribution in [0.25, 0.3) is 11.6 Å². The number of carbonyl (C=O) groups is 1. The van der Waals surface area contributed by atoms with Crippen molar-refractivity contribution in [2.75, 3.05) is 0 Å². The predicted octanol–water partition coefficient (Wildman–Crippen LogP) is 2.08. The van der Waals surface area contributed by atoms with E-state index >= 15 is 0 Å². The minimum Gasteiger partial charge on any atom is -0.458 e. The second-order valence-electron chi connectivity index (χ2n) is 4.96. The summed E-state index contributed by atoms with van der Waals surface area (Å²) in [5, 5.41) is 3.83. The lowest BCUT2D eigenvalue weighted by molar-refractivity contribution is 0.0519. The number of alkyl carbamates (subject to hydrolysis) is 1. The second kappa shape index (κ2) is 5.48. The third-order valence-corrected chi connectivity index (χ3v) is 2.15. The number of amides is 1. The molecule has 0 aliphatic carbocycles. The van der Waals surface area contributed by atoms with Crippen molar-refractivity contribution in [3.63, 3.8) is 0 Å². The number of carbonyl (C=O) groups excluding carboxylic acids is 1. The first-order valence-electron chi connectivity index (χ1n) is 5.60. The predicted molar refractivity (Wildman–Crippen MR) is 71.5 cm³/mol. The summed E-state index contributed by atoms with van der Waals surface area (Å²) in [7, 11) is 0. The number of ether oxygens (including phenoxy) is 1. The first-order chi connectivity index (χ1) is 8.19. The van der Waals surface area contributed by atoms with E-state index < -0.39 is 11.7 Å². The average Bonchev–Trinajstić information content (AvgIpc) is 2.54. The largest absolute Gasteiger partial charge is 0.458 e. The zero-order chi connectivity index (χ0) is 13.9. The van der Waals surface area contributed by atoms with E-state index in [0.717, 1.165) is 0 Å². The highest BCUT2D eigenvalue weighted by molar-refractivity contribution is 6.44. The van der Waals surface area contributed by atoms with Crippen LogP contribution in [-0.4, -0.2) is 11.7 Å². The molecular formula is C13H18ClNO3. The zero-order valence-electron chi connectivity index (χ0n) is 11.1. The van der Waals surface area contributed by atoms with Crippen molar-refractivity contribution in [2.45, 2.75) is 39.8 Å². The lowest BCUT2D eigenvalue weighted by atomic mass is 10.2. The van der Waals surface area contributed by atoms with Gasteiger partial charge in [0.2, 0.25) is 0 Å². The Morgan fingerprint density at radius 1 is 1.56 bits per heavy atom. The molecule has 0 radical (unpaired) electrons. The number of halogens is 1. The Bertz CT molecular complexity index is 536. The number of hydrogen-bond acceptors (Lipinski definition) is 3. The molecule has 1 aromatic heterocycles. The van der Waals surface area contributed by atoms with Crippen molar-refractivity contribution < 1.29 is 13.9 Å². The lowest BCUT2D eigenvalue weighted by Crippen LogP contribution is -2.32. The van der Waals surface area contributed by atoms with Crippen molar-refractivity contribution in [1.82, 2.24) is 5.32 Å². The summed E-state index contributed by atoms with van der Waals surface area (Å²) in [5.74, 6) is 0.584. The van der Waals surface area contributed by atoms with E-state index in [0.29, 0.717) is 21.4 Å². The van der Waals surface area contributed by atoms with Gasteiger partial charge in [0.25, 0.3) is 0 Å². The summed E-state index contributed by atoms with van der Waals surface area (Å²) >= 11 is 5.84. The molecule has 18 heavy (non-hydrogen) atoms. The Morgan fingerprint density at radius 3 is 2.61 bits per heavy atom. The van der Waals surface area contributed by atoms with Gasteiger partial charge in [-0.2, -0.15) is 0 Å². The Morgan fingerprint density at radius 2 is 2.17 bits per heavy atom. The molecule has 0 unspecified atom stereocenters. The molecule has 1 N–H and O–H groups in total. The zero-order valence-corrected chi connectivity index (χ0v) is 11.9. The number of hydrogen-bond donors (Lipinski definition) is 1. The van der Waals surface area contributed by atoms with Crippen LogP contribution < -0.4 is 16.0 Å². The van der Waals surface area contributed by atoms with Crippen LogP contribution >= 0.6 is 11.6 Å². The Balaban J connectivity index is 2.66. The van der Waals surface area contributed by atoms with E-state index in [1.165, 1.54) is 0 Å². The average molecular weight is 272 g/mol. The fourth-order valence-corrected chi connectivity index (χ4v) is 1.50. The minimum atomic E-state index is -0.517. The van der Waals surface area contributed by atoms with Crippen molar-refractivity contribution in [2.24, 2.45) is 0 Å². The second-order valence-corrected chi connectivity index (χ2v) is 5.52. The highest BCUT2D eigenvalue weighted by Crippen LogP contribution is 2.06. The van der Waals surface area contributed by atoms with Gasteiger partial charge < -0.3 is 14.5 Å². The van der Waals surface area contributed by atoms with Crippen molar-refractivity contribution >= 4 is 29.3 Å². The summed E-state index contributed by atoms with van der Waals surface area (Å²) in [5.41, 5.74) is 0.0220. The third-order valence-electron chi connectivity index (χ3n) is 1.98. The summed E-state index contributed by atoms with van der Waals surface area (Å²) in [4.78, 5) is 11.4. The maximum atomic E-state index is 11.4. The Kier molecular flexibility index (Phi) is 4.46. The molecule has 1 rings (SSSR count). The van der Waals surface area contributed by atoms with Gasteiger partial charge in [0.15, 0.2) is 0 Å². The molecule has 4 nitrogen and oxygen atoms in total. The molecule has 1 amide bonds. The minimum absolute atomic E-state index is 0.238. The van der Waals surface area contributed by atoms with E-state index in [1.54, 1.807) is 33.8 Å². The van der Waals surface area contributed by atoms with Crippen LogP contribution in [0.15, 0.2) is 10.5 Å². The molecule has 0 saturated carbocycles. The van der Waals surface area contributed by atoms with Gasteiger partial charge in [-0.3, -0.25) is 0 Å². The highest BCUT2D eigenvalue weighted by atomic mass is 35.5. The van der Waals surface area contributed by atoms with Crippen molar-refractivity contribution in [3.8, 4) is 0 Å². The van der Waals surface area contributed by atoms with Crippen LogP contribution in [0.5, 0.6) is 0 Å². The lowest BCUT2D eigenvalue weighted by Gasteiger charge is -2.19. The number of rotatable bonds is 2. The van der Waals surface area contributed by atoms with Gasteiger partial charge in [0, 0.05) is 5.22 Å². The monoisotopic (exact) mass is 271 g/mol. The van der Waals surface area contributed by atoms with E-state index in [2.05, 4.69) is 11.9 Å². The first kappa shape index (κ1) is 14.6. The highest BCUT2D eigenvalue weighted by Gasteiger charge is 2.16. The van der Waals surface area contributed by atoms with Crippen molar-refractivity contribution in [1.29, 1.82) is 0 Å². The number of furan rings is 1. The molecular weight excluding hydrogens is 254 g/mol. The first-order valence-corrected chi connectivity index (χ1v) is 5.98. The summed E-state index contributed by atoms with van der Waals surface area (Å²) in [6.07, 6.45) is -0.488. The van der Waals surface area contributed by atoms with E-state index in [4.69, 9.17) is 20.8 Å². The topological polar surface area (TPSA) is 51.5 Å². The van der Waals surface area contributed by atoms with Gasteiger partial charge in [-0.15, -0.1) is 0 Å².